The van der Waals surface area contributed by atoms with Crippen LogP contribution in [0.25, 0.3) is 6.08 Å². The first kappa shape index (κ1) is 11.0. The van der Waals surface area contributed by atoms with E-state index in [9.17, 15) is 0 Å². The number of benzene rings is 1. The van der Waals surface area contributed by atoms with Crippen LogP contribution in [0.2, 0.25) is 0 Å². The fourth-order valence-corrected chi connectivity index (χ4v) is 2.01. The largest absolute Gasteiger partial charge is 0.348 e. The number of allylic oxidation sites excluding steroid dienone is 2. The Kier molecular flexibility index (Phi) is 3.81. The summed E-state index contributed by atoms with van der Waals surface area (Å²) in [5, 5.41) is 0. The van der Waals surface area contributed by atoms with Crippen molar-refractivity contribution in [1.29, 1.82) is 0 Å². The Bertz CT molecular complexity index is 390. The first-order chi connectivity index (χ1) is 7.92. The molecule has 0 atom stereocenters. The third kappa shape index (κ3) is 2.54. The summed E-state index contributed by atoms with van der Waals surface area (Å²) in [6.07, 6.45) is 12.4. The summed E-state index contributed by atoms with van der Waals surface area (Å²) < 4.78 is 0. The number of hydrogen-bond donors (Lipinski definition) is 0. The molecule has 1 heteroatoms. The highest BCUT2D eigenvalue weighted by Crippen LogP contribution is 2.24. The second-order valence-electron chi connectivity index (χ2n) is 4.16. The van der Waals surface area contributed by atoms with Crippen LogP contribution >= 0.6 is 0 Å². The molecule has 0 fully saturated rings. The monoisotopic (exact) mass is 213 g/mol. The third-order valence-corrected chi connectivity index (χ3v) is 2.90. The standard InChI is InChI=1S/C15H19N/c1-2-3-7-12-16-13-8-6-10-14-9-4-5-11-15(14)16/h4-6,8-11,13H,2-3,7,12H2,1H3. The fourth-order valence-electron chi connectivity index (χ4n) is 2.01. The Labute approximate surface area is 98.1 Å². The number of fused-ring (bicyclic) bond motifs is 1. The molecule has 1 aliphatic rings. The molecule has 0 saturated heterocycles. The van der Waals surface area contributed by atoms with Gasteiger partial charge in [0, 0.05) is 18.4 Å². The molecule has 0 radical (unpaired) electrons. The Morgan fingerprint density at radius 3 is 2.81 bits per heavy atom. The fraction of sp³-hybridized carbons (Fsp3) is 0.333. The van der Waals surface area contributed by atoms with Gasteiger partial charge in [-0.15, -0.1) is 0 Å². The van der Waals surface area contributed by atoms with E-state index in [4.69, 9.17) is 0 Å². The predicted molar refractivity (Wildman–Crippen MR) is 71.5 cm³/mol. The summed E-state index contributed by atoms with van der Waals surface area (Å²) in [6.45, 7) is 3.36. The first-order valence-corrected chi connectivity index (χ1v) is 6.12. The minimum Gasteiger partial charge on any atom is -0.348 e. The van der Waals surface area contributed by atoms with E-state index in [1.807, 2.05) is 0 Å². The van der Waals surface area contributed by atoms with Crippen molar-refractivity contribution in [1.82, 2.24) is 0 Å². The zero-order chi connectivity index (χ0) is 11.2. The maximum Gasteiger partial charge on any atom is 0.0479 e. The summed E-state index contributed by atoms with van der Waals surface area (Å²) in [5.41, 5.74) is 2.63. The summed E-state index contributed by atoms with van der Waals surface area (Å²) in [5.74, 6) is 0. The van der Waals surface area contributed by atoms with Crippen LogP contribution in [-0.2, 0) is 0 Å². The number of hydrogen-bond acceptors (Lipinski definition) is 1. The highest BCUT2D eigenvalue weighted by Gasteiger charge is 2.07. The summed E-state index contributed by atoms with van der Waals surface area (Å²) >= 11 is 0. The van der Waals surface area contributed by atoms with E-state index in [-0.39, 0.29) is 0 Å². The van der Waals surface area contributed by atoms with Gasteiger partial charge < -0.3 is 4.90 Å². The molecule has 0 N–H and O–H groups in total. The van der Waals surface area contributed by atoms with E-state index >= 15 is 0 Å². The van der Waals surface area contributed by atoms with Crippen LogP contribution in [0, 0.1) is 0 Å². The van der Waals surface area contributed by atoms with E-state index in [2.05, 4.69) is 60.5 Å². The van der Waals surface area contributed by atoms with Crippen molar-refractivity contribution in [3.63, 3.8) is 0 Å². The molecule has 0 spiro atoms. The van der Waals surface area contributed by atoms with Gasteiger partial charge in [0.15, 0.2) is 0 Å². The highest BCUT2D eigenvalue weighted by molar-refractivity contribution is 5.71. The van der Waals surface area contributed by atoms with Gasteiger partial charge in [0.25, 0.3) is 0 Å². The molecule has 1 nitrogen and oxygen atoms in total. The zero-order valence-corrected chi connectivity index (χ0v) is 9.89. The molecule has 2 rings (SSSR count). The van der Waals surface area contributed by atoms with E-state index in [1.165, 1.54) is 30.5 Å². The highest BCUT2D eigenvalue weighted by atomic mass is 15.1. The Morgan fingerprint density at radius 1 is 1.06 bits per heavy atom. The minimum absolute atomic E-state index is 1.11. The quantitative estimate of drug-likeness (QED) is 0.677. The lowest BCUT2D eigenvalue weighted by Crippen LogP contribution is -2.17. The molecule has 0 amide bonds. The van der Waals surface area contributed by atoms with Crippen LogP contribution in [0.1, 0.15) is 31.7 Å². The third-order valence-electron chi connectivity index (χ3n) is 2.90. The molecular weight excluding hydrogens is 194 g/mol. The molecule has 16 heavy (non-hydrogen) atoms. The van der Waals surface area contributed by atoms with Gasteiger partial charge in [-0.05, 0) is 24.1 Å². The van der Waals surface area contributed by atoms with Gasteiger partial charge in [-0.1, -0.05) is 50.1 Å². The van der Waals surface area contributed by atoms with Crippen molar-refractivity contribution in [3.8, 4) is 0 Å². The molecule has 0 saturated carbocycles. The molecule has 0 aromatic heterocycles. The molecular formula is C15H19N. The van der Waals surface area contributed by atoms with E-state index in [1.54, 1.807) is 0 Å². The van der Waals surface area contributed by atoms with Crippen LogP contribution < -0.4 is 4.90 Å². The molecule has 0 aliphatic carbocycles. The predicted octanol–water partition coefficient (Wildman–Crippen LogP) is 4.22. The average molecular weight is 213 g/mol. The lowest BCUT2D eigenvalue weighted by molar-refractivity contribution is 0.714. The maximum absolute atomic E-state index is 2.35. The second-order valence-corrected chi connectivity index (χ2v) is 4.16. The normalized spacial score (nSPS) is 13.7. The number of rotatable bonds is 4. The van der Waals surface area contributed by atoms with Crippen LogP contribution in [-0.4, -0.2) is 6.54 Å². The number of unbranched alkanes of at least 4 members (excludes halogenated alkanes) is 2. The van der Waals surface area contributed by atoms with Gasteiger partial charge in [0.2, 0.25) is 0 Å². The van der Waals surface area contributed by atoms with Crippen molar-refractivity contribution in [2.24, 2.45) is 0 Å². The summed E-state index contributed by atoms with van der Waals surface area (Å²) in [7, 11) is 0. The van der Waals surface area contributed by atoms with Crippen molar-refractivity contribution in [2.45, 2.75) is 26.2 Å². The molecule has 0 bridgehead atoms. The first-order valence-electron chi connectivity index (χ1n) is 6.12. The average Bonchev–Trinajstić information content (AvgIpc) is 2.52. The molecule has 0 unspecified atom stereocenters. The van der Waals surface area contributed by atoms with E-state index in [0.717, 1.165) is 6.54 Å². The van der Waals surface area contributed by atoms with Crippen molar-refractivity contribution in [3.05, 3.63) is 48.2 Å². The smallest absolute Gasteiger partial charge is 0.0479 e. The van der Waals surface area contributed by atoms with Gasteiger partial charge in [-0.2, -0.15) is 0 Å². The second kappa shape index (κ2) is 5.55. The summed E-state index contributed by atoms with van der Waals surface area (Å²) in [4.78, 5) is 2.35. The van der Waals surface area contributed by atoms with Crippen LogP contribution in [0.3, 0.4) is 0 Å². The van der Waals surface area contributed by atoms with Crippen molar-refractivity contribution in [2.75, 3.05) is 11.4 Å². The lowest BCUT2D eigenvalue weighted by atomic mass is 10.1. The number of nitrogens with zero attached hydrogens (tertiary/aromatic N) is 1. The molecule has 1 aromatic rings. The number of para-hydroxylation sites is 1. The van der Waals surface area contributed by atoms with Crippen molar-refractivity contribution >= 4 is 11.8 Å². The topological polar surface area (TPSA) is 3.24 Å². The van der Waals surface area contributed by atoms with Gasteiger partial charge >= 0.3 is 0 Å². The van der Waals surface area contributed by atoms with Gasteiger partial charge in [-0.25, -0.2) is 0 Å². The zero-order valence-electron chi connectivity index (χ0n) is 9.89. The molecule has 84 valence electrons. The SMILES string of the molecule is CCCCCN1C=CC=Cc2ccccc21. The van der Waals surface area contributed by atoms with Gasteiger partial charge in [-0.3, -0.25) is 0 Å². The van der Waals surface area contributed by atoms with E-state index in [0.29, 0.717) is 0 Å². The Hall–Kier alpha value is -1.50. The Balaban J connectivity index is 2.14. The molecule has 1 aliphatic heterocycles. The lowest BCUT2D eigenvalue weighted by Gasteiger charge is -2.21. The van der Waals surface area contributed by atoms with Gasteiger partial charge in [0.05, 0.1) is 0 Å². The van der Waals surface area contributed by atoms with Crippen LogP contribution in [0.15, 0.2) is 42.6 Å². The van der Waals surface area contributed by atoms with Crippen LogP contribution in [0.5, 0.6) is 0 Å². The molecule has 1 aromatic carbocycles. The number of anilines is 1. The minimum atomic E-state index is 1.11. The molecule has 1 heterocycles. The maximum atomic E-state index is 2.35. The summed E-state index contributed by atoms with van der Waals surface area (Å²) in [6, 6.07) is 8.57. The Morgan fingerprint density at radius 2 is 1.94 bits per heavy atom. The van der Waals surface area contributed by atoms with Crippen molar-refractivity contribution < 1.29 is 0 Å². The van der Waals surface area contributed by atoms with Crippen LogP contribution in [0.4, 0.5) is 5.69 Å². The van der Waals surface area contributed by atoms with Gasteiger partial charge in [0.1, 0.15) is 0 Å². The van der Waals surface area contributed by atoms with E-state index < -0.39 is 0 Å².